The van der Waals surface area contributed by atoms with Crippen LogP contribution in [0.2, 0.25) is 0 Å². The lowest BCUT2D eigenvalue weighted by atomic mass is 10.1. The van der Waals surface area contributed by atoms with E-state index in [0.717, 1.165) is 16.6 Å². The van der Waals surface area contributed by atoms with Gasteiger partial charge in [-0.2, -0.15) is 5.10 Å². The third-order valence-electron chi connectivity index (χ3n) is 3.11. The van der Waals surface area contributed by atoms with Crippen LogP contribution in [0, 0.1) is 10.1 Å². The van der Waals surface area contributed by atoms with Gasteiger partial charge in [0.25, 0.3) is 5.69 Å². The van der Waals surface area contributed by atoms with E-state index in [4.69, 9.17) is 0 Å². The van der Waals surface area contributed by atoms with Crippen LogP contribution in [0.1, 0.15) is 5.56 Å². The highest BCUT2D eigenvalue weighted by Gasteiger charge is 2.11. The molecule has 6 nitrogen and oxygen atoms in total. The highest BCUT2D eigenvalue weighted by Crippen LogP contribution is 2.21. The number of aromatic nitrogens is 2. The molecule has 0 bridgehead atoms. The molecule has 0 amide bonds. The molecule has 100 valence electrons. The highest BCUT2D eigenvalue weighted by atomic mass is 16.6. The Morgan fingerprint density at radius 2 is 2.10 bits per heavy atom. The number of nitro groups is 1. The van der Waals surface area contributed by atoms with Gasteiger partial charge in [-0.1, -0.05) is 18.2 Å². The molecule has 2 aromatic carbocycles. The van der Waals surface area contributed by atoms with E-state index in [1.54, 1.807) is 24.4 Å². The summed E-state index contributed by atoms with van der Waals surface area (Å²) in [6.07, 6.45) is 1.75. The first-order valence-corrected chi connectivity index (χ1v) is 6.13. The van der Waals surface area contributed by atoms with E-state index in [1.165, 1.54) is 6.07 Å². The zero-order valence-electron chi connectivity index (χ0n) is 10.5. The predicted molar refractivity (Wildman–Crippen MR) is 76.5 cm³/mol. The Kier molecular flexibility index (Phi) is 3.04. The molecule has 0 saturated carbocycles. The van der Waals surface area contributed by atoms with Gasteiger partial charge >= 0.3 is 0 Å². The van der Waals surface area contributed by atoms with E-state index in [1.807, 2.05) is 18.2 Å². The molecular formula is C14H12N4O2. The molecular weight excluding hydrogens is 256 g/mol. The Morgan fingerprint density at radius 1 is 1.25 bits per heavy atom. The molecule has 20 heavy (non-hydrogen) atoms. The fraction of sp³-hybridized carbons (Fsp3) is 0.0714. The molecule has 3 aromatic rings. The summed E-state index contributed by atoms with van der Waals surface area (Å²) in [4.78, 5) is 10.6. The third kappa shape index (κ3) is 2.31. The van der Waals surface area contributed by atoms with Crippen molar-refractivity contribution in [1.82, 2.24) is 10.2 Å². The first kappa shape index (κ1) is 12.2. The molecule has 0 unspecified atom stereocenters. The Labute approximate surface area is 114 Å². The predicted octanol–water partition coefficient (Wildman–Crippen LogP) is 3.08. The van der Waals surface area contributed by atoms with E-state index in [9.17, 15) is 10.1 Å². The summed E-state index contributed by atoms with van der Waals surface area (Å²) >= 11 is 0. The van der Waals surface area contributed by atoms with Crippen molar-refractivity contribution >= 4 is 22.3 Å². The van der Waals surface area contributed by atoms with Crippen molar-refractivity contribution in [2.75, 3.05) is 5.32 Å². The van der Waals surface area contributed by atoms with Crippen molar-refractivity contribution in [3.63, 3.8) is 0 Å². The molecule has 3 rings (SSSR count). The first-order chi connectivity index (χ1) is 9.74. The topological polar surface area (TPSA) is 83.8 Å². The number of aromatic amines is 1. The minimum Gasteiger partial charge on any atom is -0.381 e. The van der Waals surface area contributed by atoms with Gasteiger partial charge in [-0.15, -0.1) is 0 Å². The molecule has 2 N–H and O–H groups in total. The monoisotopic (exact) mass is 268 g/mol. The van der Waals surface area contributed by atoms with Crippen LogP contribution >= 0.6 is 0 Å². The molecule has 0 spiro atoms. The van der Waals surface area contributed by atoms with Gasteiger partial charge in [-0.3, -0.25) is 15.2 Å². The molecule has 0 saturated heterocycles. The molecule has 1 aromatic heterocycles. The maximum atomic E-state index is 10.9. The lowest BCUT2D eigenvalue weighted by molar-refractivity contribution is -0.385. The van der Waals surface area contributed by atoms with Crippen LogP contribution in [0.4, 0.5) is 11.4 Å². The van der Waals surface area contributed by atoms with Crippen molar-refractivity contribution in [3.8, 4) is 0 Å². The maximum absolute atomic E-state index is 10.9. The second kappa shape index (κ2) is 5.00. The number of fused-ring (bicyclic) bond motifs is 1. The van der Waals surface area contributed by atoms with Crippen LogP contribution in [0.15, 0.2) is 48.7 Å². The number of anilines is 1. The lowest BCUT2D eigenvalue weighted by Crippen LogP contribution is -2.02. The summed E-state index contributed by atoms with van der Waals surface area (Å²) in [5.74, 6) is 0. The Hall–Kier alpha value is -2.89. The quantitative estimate of drug-likeness (QED) is 0.562. The second-order valence-corrected chi connectivity index (χ2v) is 4.41. The van der Waals surface area contributed by atoms with Crippen LogP contribution in [0.5, 0.6) is 0 Å². The SMILES string of the molecule is O=[N+]([O-])c1ccccc1CNc1ccc2cn[nH]c2c1. The Bertz CT molecular complexity index is 766. The Morgan fingerprint density at radius 3 is 2.95 bits per heavy atom. The van der Waals surface area contributed by atoms with E-state index >= 15 is 0 Å². The number of hydrogen-bond donors (Lipinski definition) is 2. The van der Waals surface area contributed by atoms with Crippen molar-refractivity contribution in [2.24, 2.45) is 0 Å². The summed E-state index contributed by atoms with van der Waals surface area (Å²) in [5.41, 5.74) is 2.60. The number of hydrogen-bond acceptors (Lipinski definition) is 4. The van der Waals surface area contributed by atoms with E-state index in [0.29, 0.717) is 12.1 Å². The normalized spacial score (nSPS) is 10.6. The number of para-hydroxylation sites is 1. The number of H-pyrrole nitrogens is 1. The fourth-order valence-electron chi connectivity index (χ4n) is 2.08. The zero-order valence-corrected chi connectivity index (χ0v) is 10.5. The number of nitrogens with zero attached hydrogens (tertiary/aromatic N) is 2. The minimum absolute atomic E-state index is 0.127. The van der Waals surface area contributed by atoms with Crippen molar-refractivity contribution in [1.29, 1.82) is 0 Å². The van der Waals surface area contributed by atoms with E-state index < -0.39 is 0 Å². The molecule has 0 radical (unpaired) electrons. The molecule has 0 aliphatic rings. The second-order valence-electron chi connectivity index (χ2n) is 4.41. The average molecular weight is 268 g/mol. The van der Waals surface area contributed by atoms with Crippen LogP contribution in [-0.2, 0) is 6.54 Å². The lowest BCUT2D eigenvalue weighted by Gasteiger charge is -2.07. The Balaban J connectivity index is 1.80. The summed E-state index contributed by atoms with van der Waals surface area (Å²) in [5, 5.41) is 22.0. The third-order valence-corrected chi connectivity index (χ3v) is 3.11. The average Bonchev–Trinajstić information content (AvgIpc) is 2.92. The summed E-state index contributed by atoms with van der Waals surface area (Å²) in [6, 6.07) is 12.5. The van der Waals surface area contributed by atoms with Crippen molar-refractivity contribution in [2.45, 2.75) is 6.54 Å². The fourth-order valence-corrected chi connectivity index (χ4v) is 2.08. The maximum Gasteiger partial charge on any atom is 0.274 e. The summed E-state index contributed by atoms with van der Waals surface area (Å²) in [7, 11) is 0. The summed E-state index contributed by atoms with van der Waals surface area (Å²) < 4.78 is 0. The first-order valence-electron chi connectivity index (χ1n) is 6.13. The van der Waals surface area contributed by atoms with Crippen molar-refractivity contribution < 1.29 is 4.92 Å². The van der Waals surface area contributed by atoms with Gasteiger partial charge in [-0.25, -0.2) is 0 Å². The number of nitro benzene ring substituents is 1. The number of benzene rings is 2. The van der Waals surface area contributed by atoms with Gasteiger partial charge in [0.15, 0.2) is 0 Å². The van der Waals surface area contributed by atoms with Gasteiger partial charge in [0.1, 0.15) is 0 Å². The minimum atomic E-state index is -0.366. The van der Waals surface area contributed by atoms with Gasteiger partial charge in [0.2, 0.25) is 0 Å². The van der Waals surface area contributed by atoms with Crippen LogP contribution in [-0.4, -0.2) is 15.1 Å². The van der Waals surface area contributed by atoms with Gasteiger partial charge in [0.05, 0.1) is 16.6 Å². The standard InChI is InChI=1S/C14H12N4O2/c19-18(20)14-4-2-1-3-11(14)8-15-12-6-5-10-9-16-17-13(10)7-12/h1-7,9,15H,8H2,(H,16,17). The number of nitrogens with one attached hydrogen (secondary N) is 2. The summed E-state index contributed by atoms with van der Waals surface area (Å²) in [6.45, 7) is 0.400. The zero-order chi connectivity index (χ0) is 13.9. The molecule has 6 heteroatoms. The number of rotatable bonds is 4. The highest BCUT2D eigenvalue weighted by molar-refractivity contribution is 5.81. The van der Waals surface area contributed by atoms with Gasteiger partial charge in [0, 0.05) is 29.2 Å². The molecule has 0 fully saturated rings. The smallest absolute Gasteiger partial charge is 0.274 e. The van der Waals surface area contributed by atoms with E-state index in [-0.39, 0.29) is 10.6 Å². The van der Waals surface area contributed by atoms with Crippen LogP contribution < -0.4 is 5.32 Å². The largest absolute Gasteiger partial charge is 0.381 e. The van der Waals surface area contributed by atoms with Crippen LogP contribution in [0.3, 0.4) is 0 Å². The van der Waals surface area contributed by atoms with Gasteiger partial charge < -0.3 is 5.32 Å². The van der Waals surface area contributed by atoms with Crippen LogP contribution in [0.25, 0.3) is 10.9 Å². The molecule has 0 aliphatic heterocycles. The molecule has 0 aliphatic carbocycles. The van der Waals surface area contributed by atoms with Crippen molar-refractivity contribution in [3.05, 3.63) is 64.3 Å². The van der Waals surface area contributed by atoms with Gasteiger partial charge in [-0.05, 0) is 18.2 Å². The molecule has 0 atom stereocenters. The molecule has 1 heterocycles. The van der Waals surface area contributed by atoms with E-state index in [2.05, 4.69) is 15.5 Å².